The lowest BCUT2D eigenvalue weighted by Gasteiger charge is -2.18. The van der Waals surface area contributed by atoms with E-state index in [2.05, 4.69) is 32.9 Å². The first-order valence-corrected chi connectivity index (χ1v) is 33.2. The maximum absolute atomic E-state index is 12.9. The Bertz CT molecular complexity index is 1130. The molecule has 0 aliphatic heterocycles. The number of hydrogen-bond acceptors (Lipinski definition) is 6. The van der Waals surface area contributed by atoms with Crippen molar-refractivity contribution in [1.29, 1.82) is 0 Å². The van der Waals surface area contributed by atoms with Gasteiger partial charge in [0.2, 0.25) is 0 Å². The lowest BCUT2D eigenvalue weighted by atomic mass is 10.0. The van der Waals surface area contributed by atoms with Crippen LogP contribution in [0.1, 0.15) is 380 Å². The predicted molar refractivity (Wildman–Crippen MR) is 317 cm³/mol. The first kappa shape index (κ1) is 71.2. The second-order valence-electron chi connectivity index (χ2n) is 22.7. The Morgan fingerprint density at radius 3 is 0.712 bits per heavy atom. The van der Waals surface area contributed by atoms with Crippen molar-refractivity contribution in [2.45, 2.75) is 386 Å². The van der Waals surface area contributed by atoms with Gasteiger partial charge in [0.05, 0.1) is 0 Å². The molecule has 0 heterocycles. The van der Waals surface area contributed by atoms with E-state index in [0.29, 0.717) is 19.3 Å². The quantitative estimate of drug-likeness (QED) is 0.0261. The first-order chi connectivity index (χ1) is 36.0. The second kappa shape index (κ2) is 62.7. The highest BCUT2D eigenvalue weighted by Gasteiger charge is 2.19. The van der Waals surface area contributed by atoms with Gasteiger partial charge in [0.1, 0.15) is 13.2 Å². The minimum absolute atomic E-state index is 0.0661. The third-order valence-electron chi connectivity index (χ3n) is 15.3. The number of allylic oxidation sites excluding steroid dienone is 2. The molecule has 0 aromatic carbocycles. The fourth-order valence-electron chi connectivity index (χ4n) is 10.3. The SMILES string of the molecule is CCCCC/C=C\CCCCCCCC(=O)OCC(COC(=O)CCCCCCCCCCCCCCCCCCCCCCCCCCCCC)OC(=O)CCCCCCCCCCCCCCCCCC. The Morgan fingerprint density at radius 1 is 0.260 bits per heavy atom. The van der Waals surface area contributed by atoms with Crippen LogP contribution in [-0.2, 0) is 28.6 Å². The van der Waals surface area contributed by atoms with Gasteiger partial charge < -0.3 is 14.2 Å². The molecule has 73 heavy (non-hydrogen) atoms. The van der Waals surface area contributed by atoms with E-state index in [9.17, 15) is 14.4 Å². The number of rotatable bonds is 62. The van der Waals surface area contributed by atoms with Crippen LogP contribution in [0.25, 0.3) is 0 Å². The summed E-state index contributed by atoms with van der Waals surface area (Å²) in [4.78, 5) is 38.2. The Kier molecular flexibility index (Phi) is 61.1. The van der Waals surface area contributed by atoms with E-state index in [1.54, 1.807) is 0 Å². The molecule has 0 bridgehead atoms. The van der Waals surface area contributed by atoms with E-state index in [0.717, 1.165) is 64.2 Å². The average molecular weight is 1030 g/mol. The molecule has 0 N–H and O–H groups in total. The van der Waals surface area contributed by atoms with E-state index in [-0.39, 0.29) is 31.1 Å². The number of carbonyl (C=O) groups excluding carboxylic acids is 3. The van der Waals surface area contributed by atoms with Crippen LogP contribution in [0, 0.1) is 0 Å². The molecule has 0 saturated heterocycles. The monoisotopic (exact) mass is 1030 g/mol. The molecule has 0 aromatic heterocycles. The zero-order valence-electron chi connectivity index (χ0n) is 49.7. The number of unbranched alkanes of at least 4 members (excludes halogenated alkanes) is 49. The molecule has 6 heteroatoms. The molecule has 0 radical (unpaired) electrons. The van der Waals surface area contributed by atoms with Gasteiger partial charge in [-0.1, -0.05) is 328 Å². The Labute approximate surface area is 456 Å². The maximum Gasteiger partial charge on any atom is 0.306 e. The summed E-state index contributed by atoms with van der Waals surface area (Å²) in [6.45, 7) is 6.69. The lowest BCUT2D eigenvalue weighted by Crippen LogP contribution is -2.30. The van der Waals surface area contributed by atoms with Crippen LogP contribution < -0.4 is 0 Å². The molecule has 0 amide bonds. The van der Waals surface area contributed by atoms with Crippen LogP contribution in [0.3, 0.4) is 0 Å². The molecule has 0 rings (SSSR count). The smallest absolute Gasteiger partial charge is 0.306 e. The number of esters is 3. The fourth-order valence-corrected chi connectivity index (χ4v) is 10.3. The highest BCUT2D eigenvalue weighted by Crippen LogP contribution is 2.19. The Morgan fingerprint density at radius 2 is 0.452 bits per heavy atom. The van der Waals surface area contributed by atoms with Crippen LogP contribution in [0.5, 0.6) is 0 Å². The Balaban J connectivity index is 4.14. The molecule has 0 aromatic rings. The predicted octanol–water partition coefficient (Wildman–Crippen LogP) is 22.4. The highest BCUT2D eigenvalue weighted by atomic mass is 16.6. The largest absolute Gasteiger partial charge is 0.462 e. The summed E-state index contributed by atoms with van der Waals surface area (Å²) in [7, 11) is 0. The van der Waals surface area contributed by atoms with Crippen molar-refractivity contribution in [3.8, 4) is 0 Å². The molecular formula is C67H128O6. The van der Waals surface area contributed by atoms with Crippen LogP contribution >= 0.6 is 0 Å². The summed E-state index contributed by atoms with van der Waals surface area (Å²) in [6, 6.07) is 0. The number of ether oxygens (including phenoxy) is 3. The van der Waals surface area contributed by atoms with Gasteiger partial charge in [-0.15, -0.1) is 0 Å². The summed E-state index contributed by atoms with van der Waals surface area (Å²) >= 11 is 0. The van der Waals surface area contributed by atoms with Gasteiger partial charge in [-0.05, 0) is 44.9 Å². The fraction of sp³-hybridized carbons (Fsp3) is 0.925. The maximum atomic E-state index is 12.9. The van der Waals surface area contributed by atoms with Crippen LogP contribution in [0.15, 0.2) is 12.2 Å². The molecule has 1 unspecified atom stereocenters. The van der Waals surface area contributed by atoms with Crippen molar-refractivity contribution in [3.63, 3.8) is 0 Å². The van der Waals surface area contributed by atoms with Gasteiger partial charge in [-0.3, -0.25) is 14.4 Å². The first-order valence-electron chi connectivity index (χ1n) is 33.2. The number of carbonyl (C=O) groups is 3. The van der Waals surface area contributed by atoms with Gasteiger partial charge in [-0.2, -0.15) is 0 Å². The summed E-state index contributed by atoms with van der Waals surface area (Å²) < 4.78 is 16.9. The summed E-state index contributed by atoms with van der Waals surface area (Å²) in [5, 5.41) is 0. The molecule has 6 nitrogen and oxygen atoms in total. The minimum Gasteiger partial charge on any atom is -0.462 e. The van der Waals surface area contributed by atoms with Gasteiger partial charge in [-0.25, -0.2) is 0 Å². The number of hydrogen-bond donors (Lipinski definition) is 0. The molecule has 0 spiro atoms. The average Bonchev–Trinajstić information content (AvgIpc) is 3.39. The molecule has 432 valence electrons. The summed E-state index contributed by atoms with van der Waals surface area (Å²) in [6.07, 6.45) is 73.8. The second-order valence-corrected chi connectivity index (χ2v) is 22.7. The van der Waals surface area contributed by atoms with E-state index in [1.165, 1.54) is 276 Å². The third-order valence-corrected chi connectivity index (χ3v) is 15.3. The van der Waals surface area contributed by atoms with E-state index in [1.807, 2.05) is 0 Å². The van der Waals surface area contributed by atoms with Gasteiger partial charge in [0.15, 0.2) is 6.10 Å². The van der Waals surface area contributed by atoms with E-state index < -0.39 is 6.10 Å². The van der Waals surface area contributed by atoms with Crippen molar-refractivity contribution in [3.05, 3.63) is 12.2 Å². The molecule has 0 saturated carbocycles. The molecule has 0 aliphatic rings. The topological polar surface area (TPSA) is 78.9 Å². The standard InChI is InChI=1S/C67H128O6/c1-4-7-10-13-16-19-22-25-27-29-30-31-32-33-34-35-36-37-38-39-41-42-45-48-51-54-57-60-66(69)72-63-64(62-71-65(68)59-56-53-50-47-44-24-21-18-15-12-9-6-3)73-67(70)61-58-55-52-49-46-43-40-28-26-23-20-17-14-11-8-5-2/h18,21,64H,4-17,19-20,22-63H2,1-3H3/b21-18-. The van der Waals surface area contributed by atoms with Crippen molar-refractivity contribution in [2.75, 3.05) is 13.2 Å². The van der Waals surface area contributed by atoms with Crippen molar-refractivity contribution < 1.29 is 28.6 Å². The molecule has 1 atom stereocenters. The molecular weight excluding hydrogens is 901 g/mol. The Hall–Kier alpha value is -1.85. The zero-order chi connectivity index (χ0) is 52.9. The summed E-state index contributed by atoms with van der Waals surface area (Å²) in [5.74, 6) is -0.846. The van der Waals surface area contributed by atoms with Crippen LogP contribution in [0.2, 0.25) is 0 Å². The van der Waals surface area contributed by atoms with E-state index >= 15 is 0 Å². The normalized spacial score (nSPS) is 12.0. The van der Waals surface area contributed by atoms with E-state index in [4.69, 9.17) is 14.2 Å². The van der Waals surface area contributed by atoms with Crippen molar-refractivity contribution in [1.82, 2.24) is 0 Å². The highest BCUT2D eigenvalue weighted by molar-refractivity contribution is 5.71. The van der Waals surface area contributed by atoms with Crippen molar-refractivity contribution >= 4 is 17.9 Å². The van der Waals surface area contributed by atoms with Crippen molar-refractivity contribution in [2.24, 2.45) is 0 Å². The molecule has 0 fully saturated rings. The molecule has 0 aliphatic carbocycles. The van der Waals surface area contributed by atoms with Gasteiger partial charge in [0.25, 0.3) is 0 Å². The van der Waals surface area contributed by atoms with Gasteiger partial charge >= 0.3 is 17.9 Å². The zero-order valence-corrected chi connectivity index (χ0v) is 49.7. The summed E-state index contributed by atoms with van der Waals surface area (Å²) in [5.41, 5.74) is 0. The third kappa shape index (κ3) is 60.9. The minimum atomic E-state index is -0.768. The van der Waals surface area contributed by atoms with Crippen LogP contribution in [-0.4, -0.2) is 37.2 Å². The van der Waals surface area contributed by atoms with Crippen LogP contribution in [0.4, 0.5) is 0 Å². The lowest BCUT2D eigenvalue weighted by molar-refractivity contribution is -0.167. The van der Waals surface area contributed by atoms with Gasteiger partial charge in [0, 0.05) is 19.3 Å².